The Hall–Kier alpha value is -1.82. The summed E-state index contributed by atoms with van der Waals surface area (Å²) in [5, 5.41) is 0. The maximum absolute atomic E-state index is 2.19. The molecule has 0 atom stereocenters. The van der Waals surface area contributed by atoms with E-state index in [1.807, 2.05) is 6.07 Å². The standard InChI is InChI=1S/C16H16/c1-13-7-6-8-14(2)16(13)12-11-15-9-4-3-5-10-15/h3-12H,1-2H3/b12-11-. The van der Waals surface area contributed by atoms with Crippen molar-refractivity contribution < 1.29 is 0 Å². The highest BCUT2D eigenvalue weighted by atomic mass is 14.0. The Morgan fingerprint density at radius 1 is 0.688 bits per heavy atom. The van der Waals surface area contributed by atoms with Crippen LogP contribution in [-0.2, 0) is 0 Å². The summed E-state index contributed by atoms with van der Waals surface area (Å²) in [4.78, 5) is 0. The van der Waals surface area contributed by atoms with Gasteiger partial charge in [0.05, 0.1) is 0 Å². The van der Waals surface area contributed by atoms with Crippen LogP contribution in [0.25, 0.3) is 12.2 Å². The first-order chi connectivity index (χ1) is 7.77. The Bertz CT molecular complexity index is 472. The van der Waals surface area contributed by atoms with E-state index in [1.165, 1.54) is 22.3 Å². The minimum Gasteiger partial charge on any atom is -0.0622 e. The van der Waals surface area contributed by atoms with Crippen molar-refractivity contribution in [3.05, 3.63) is 70.8 Å². The molecule has 2 aromatic rings. The normalized spacial score (nSPS) is 10.9. The molecule has 0 nitrogen and oxygen atoms in total. The summed E-state index contributed by atoms with van der Waals surface area (Å²) in [6.45, 7) is 4.30. The molecule has 0 aliphatic rings. The van der Waals surface area contributed by atoms with Crippen molar-refractivity contribution in [2.45, 2.75) is 13.8 Å². The van der Waals surface area contributed by atoms with Crippen LogP contribution in [0.4, 0.5) is 0 Å². The highest BCUT2D eigenvalue weighted by Crippen LogP contribution is 2.16. The lowest BCUT2D eigenvalue weighted by molar-refractivity contribution is 1.36. The first-order valence-corrected chi connectivity index (χ1v) is 5.57. The molecule has 0 heteroatoms. The molecule has 0 spiro atoms. The fraction of sp³-hybridized carbons (Fsp3) is 0.125. The van der Waals surface area contributed by atoms with Crippen molar-refractivity contribution in [1.82, 2.24) is 0 Å². The second-order valence-electron chi connectivity index (χ2n) is 4.05. The van der Waals surface area contributed by atoms with Crippen LogP contribution >= 0.6 is 0 Å². The second kappa shape index (κ2) is 4.80. The van der Waals surface area contributed by atoms with Gasteiger partial charge in [-0.3, -0.25) is 0 Å². The second-order valence-corrected chi connectivity index (χ2v) is 4.05. The lowest BCUT2D eigenvalue weighted by Crippen LogP contribution is -1.84. The van der Waals surface area contributed by atoms with Crippen molar-refractivity contribution >= 4 is 12.2 Å². The number of aryl methyl sites for hydroxylation is 2. The number of hydrogen-bond acceptors (Lipinski definition) is 0. The summed E-state index contributed by atoms with van der Waals surface area (Å²) < 4.78 is 0. The molecule has 0 unspecified atom stereocenters. The molecule has 0 bridgehead atoms. The minimum absolute atomic E-state index is 1.24. The van der Waals surface area contributed by atoms with Crippen LogP contribution in [0.15, 0.2) is 48.5 Å². The van der Waals surface area contributed by atoms with Gasteiger partial charge in [-0.25, -0.2) is 0 Å². The Balaban J connectivity index is 2.31. The van der Waals surface area contributed by atoms with Gasteiger partial charge in [-0.1, -0.05) is 60.7 Å². The lowest BCUT2D eigenvalue weighted by atomic mass is 10.0. The Morgan fingerprint density at radius 2 is 1.31 bits per heavy atom. The van der Waals surface area contributed by atoms with E-state index >= 15 is 0 Å². The van der Waals surface area contributed by atoms with E-state index in [0.29, 0.717) is 0 Å². The third-order valence-corrected chi connectivity index (χ3v) is 2.78. The number of benzene rings is 2. The van der Waals surface area contributed by atoms with Crippen LogP contribution in [0.5, 0.6) is 0 Å². The van der Waals surface area contributed by atoms with E-state index in [9.17, 15) is 0 Å². The van der Waals surface area contributed by atoms with E-state index in [2.05, 4.69) is 68.5 Å². The molecule has 2 rings (SSSR count). The van der Waals surface area contributed by atoms with E-state index in [-0.39, 0.29) is 0 Å². The van der Waals surface area contributed by atoms with Crippen LogP contribution in [-0.4, -0.2) is 0 Å². The average Bonchev–Trinajstić information content (AvgIpc) is 2.30. The molecule has 0 radical (unpaired) electrons. The first kappa shape index (κ1) is 10.7. The highest BCUT2D eigenvalue weighted by Gasteiger charge is 1.96. The lowest BCUT2D eigenvalue weighted by Gasteiger charge is -2.04. The van der Waals surface area contributed by atoms with Crippen molar-refractivity contribution in [3.63, 3.8) is 0 Å². The van der Waals surface area contributed by atoms with Crippen molar-refractivity contribution in [2.24, 2.45) is 0 Å². The molecular weight excluding hydrogens is 192 g/mol. The SMILES string of the molecule is Cc1cccc(C)c1/C=C\c1ccccc1. The quantitative estimate of drug-likeness (QED) is 0.638. The van der Waals surface area contributed by atoms with E-state index < -0.39 is 0 Å². The first-order valence-electron chi connectivity index (χ1n) is 5.57. The predicted octanol–water partition coefficient (Wildman–Crippen LogP) is 4.47. The Morgan fingerprint density at radius 3 is 1.94 bits per heavy atom. The highest BCUT2D eigenvalue weighted by molar-refractivity contribution is 5.72. The van der Waals surface area contributed by atoms with Gasteiger partial charge in [-0.15, -0.1) is 0 Å². The molecule has 0 aliphatic carbocycles. The van der Waals surface area contributed by atoms with Gasteiger partial charge < -0.3 is 0 Å². The van der Waals surface area contributed by atoms with Gasteiger partial charge in [-0.05, 0) is 36.1 Å². The van der Waals surface area contributed by atoms with Crippen molar-refractivity contribution in [3.8, 4) is 0 Å². The van der Waals surface area contributed by atoms with E-state index in [4.69, 9.17) is 0 Å². The molecule has 16 heavy (non-hydrogen) atoms. The van der Waals surface area contributed by atoms with Crippen LogP contribution in [0.1, 0.15) is 22.3 Å². The largest absolute Gasteiger partial charge is 0.0622 e. The van der Waals surface area contributed by atoms with E-state index in [0.717, 1.165) is 0 Å². The average molecular weight is 208 g/mol. The number of hydrogen-bond donors (Lipinski definition) is 0. The summed E-state index contributed by atoms with van der Waals surface area (Å²) in [5.74, 6) is 0. The van der Waals surface area contributed by atoms with Gasteiger partial charge in [0.1, 0.15) is 0 Å². The molecule has 0 aromatic heterocycles. The summed E-state index contributed by atoms with van der Waals surface area (Å²) in [5.41, 5.74) is 5.22. The van der Waals surface area contributed by atoms with Crippen LogP contribution in [0, 0.1) is 13.8 Å². The third kappa shape index (κ3) is 2.40. The van der Waals surface area contributed by atoms with Gasteiger partial charge in [0.25, 0.3) is 0 Å². The molecule has 2 aromatic carbocycles. The van der Waals surface area contributed by atoms with Crippen LogP contribution in [0.3, 0.4) is 0 Å². The summed E-state index contributed by atoms with van der Waals surface area (Å²) in [7, 11) is 0. The van der Waals surface area contributed by atoms with E-state index in [1.54, 1.807) is 0 Å². The predicted molar refractivity (Wildman–Crippen MR) is 71.3 cm³/mol. The zero-order chi connectivity index (χ0) is 11.4. The zero-order valence-electron chi connectivity index (χ0n) is 9.77. The molecule has 0 aliphatic heterocycles. The molecule has 0 N–H and O–H groups in total. The zero-order valence-corrected chi connectivity index (χ0v) is 9.77. The molecule has 0 heterocycles. The Labute approximate surface area is 97.3 Å². The van der Waals surface area contributed by atoms with Crippen molar-refractivity contribution in [2.75, 3.05) is 0 Å². The maximum Gasteiger partial charge on any atom is -0.0198 e. The minimum atomic E-state index is 1.24. The monoisotopic (exact) mass is 208 g/mol. The maximum atomic E-state index is 2.19. The summed E-state index contributed by atoms with van der Waals surface area (Å²) in [6.07, 6.45) is 4.36. The summed E-state index contributed by atoms with van der Waals surface area (Å²) >= 11 is 0. The van der Waals surface area contributed by atoms with Crippen LogP contribution < -0.4 is 0 Å². The fourth-order valence-electron chi connectivity index (χ4n) is 1.83. The summed E-state index contributed by atoms with van der Waals surface area (Å²) in [6, 6.07) is 16.8. The molecule has 0 amide bonds. The van der Waals surface area contributed by atoms with Gasteiger partial charge in [0.2, 0.25) is 0 Å². The smallest absolute Gasteiger partial charge is 0.0198 e. The van der Waals surface area contributed by atoms with Gasteiger partial charge in [0, 0.05) is 0 Å². The molecule has 80 valence electrons. The molecule has 0 fully saturated rings. The topological polar surface area (TPSA) is 0 Å². The Kier molecular flexibility index (Phi) is 3.21. The van der Waals surface area contributed by atoms with Crippen molar-refractivity contribution in [1.29, 1.82) is 0 Å². The van der Waals surface area contributed by atoms with Crippen LogP contribution in [0.2, 0.25) is 0 Å². The molecule has 0 saturated carbocycles. The number of rotatable bonds is 2. The molecular formula is C16H16. The third-order valence-electron chi connectivity index (χ3n) is 2.78. The van der Waals surface area contributed by atoms with Gasteiger partial charge in [-0.2, -0.15) is 0 Å². The van der Waals surface area contributed by atoms with Gasteiger partial charge >= 0.3 is 0 Å². The molecule has 0 saturated heterocycles. The van der Waals surface area contributed by atoms with Gasteiger partial charge in [0.15, 0.2) is 0 Å². The fourth-order valence-corrected chi connectivity index (χ4v) is 1.83.